The Hall–Kier alpha value is -1.65. The van der Waals surface area contributed by atoms with Crippen molar-refractivity contribution in [2.24, 2.45) is 0 Å². The molecule has 1 aliphatic heterocycles. The second-order valence-corrected chi connectivity index (χ2v) is 5.20. The van der Waals surface area contributed by atoms with E-state index in [0.717, 1.165) is 12.1 Å². The van der Waals surface area contributed by atoms with Gasteiger partial charge in [0.25, 0.3) is 5.91 Å². The van der Waals surface area contributed by atoms with Gasteiger partial charge in [-0.05, 0) is 6.07 Å². The Kier molecular flexibility index (Phi) is 5.60. The number of rotatable bonds is 4. The third kappa shape index (κ3) is 3.82. The highest BCUT2D eigenvalue weighted by atomic mass is 19.1. The molecule has 0 spiro atoms. The molecule has 1 fully saturated rings. The van der Waals surface area contributed by atoms with Gasteiger partial charge in [-0.3, -0.25) is 4.79 Å². The van der Waals surface area contributed by atoms with E-state index in [9.17, 15) is 28.9 Å². The van der Waals surface area contributed by atoms with Gasteiger partial charge in [-0.2, -0.15) is 0 Å². The molecule has 2 rings (SSSR count). The maximum absolute atomic E-state index is 13.5. The van der Waals surface area contributed by atoms with Gasteiger partial charge in [-0.1, -0.05) is 6.07 Å². The molecule has 0 unspecified atom stereocenters. The van der Waals surface area contributed by atoms with Gasteiger partial charge in [0.05, 0.1) is 6.61 Å². The van der Waals surface area contributed by atoms with Gasteiger partial charge in [0, 0.05) is 18.2 Å². The number of hydrogen-bond donors (Lipinski definition) is 5. The number of nitrogens with one attached hydrogen (secondary N) is 1. The van der Waals surface area contributed by atoms with E-state index in [-0.39, 0.29) is 12.1 Å². The molecule has 1 amide bonds. The first-order valence-electron chi connectivity index (χ1n) is 6.87. The largest absolute Gasteiger partial charge is 0.394 e. The highest BCUT2D eigenvalue weighted by molar-refractivity contribution is 5.81. The van der Waals surface area contributed by atoms with Crippen molar-refractivity contribution in [3.63, 3.8) is 0 Å². The molecule has 0 aromatic heterocycles. The monoisotopic (exact) mass is 333 g/mol. The summed E-state index contributed by atoms with van der Waals surface area (Å²) in [5, 5.41) is 40.3. The molecule has 0 radical (unpaired) electrons. The third-order valence-electron chi connectivity index (χ3n) is 3.62. The molecule has 1 aromatic rings. The maximum Gasteiger partial charge on any atom is 0.252 e. The Balaban J connectivity index is 2.02. The molecule has 1 heterocycles. The van der Waals surface area contributed by atoms with Crippen molar-refractivity contribution < 1.29 is 38.7 Å². The van der Waals surface area contributed by atoms with Crippen molar-refractivity contribution in [2.75, 3.05) is 6.61 Å². The molecular formula is C14H17F2NO6. The number of amides is 1. The maximum atomic E-state index is 13.5. The molecule has 7 nitrogen and oxygen atoms in total. The van der Waals surface area contributed by atoms with Crippen molar-refractivity contribution in [2.45, 2.75) is 37.1 Å². The fraction of sp³-hybridized carbons (Fsp3) is 0.500. The molecule has 5 atom stereocenters. The first kappa shape index (κ1) is 17.7. The quantitative estimate of drug-likeness (QED) is 0.454. The molecule has 23 heavy (non-hydrogen) atoms. The summed E-state index contributed by atoms with van der Waals surface area (Å²) in [5.74, 6) is -2.48. The second kappa shape index (κ2) is 7.28. The topological polar surface area (TPSA) is 119 Å². The molecule has 128 valence electrons. The predicted octanol–water partition coefficient (Wildman–Crippen LogP) is -1.58. The zero-order valence-electron chi connectivity index (χ0n) is 11.9. The smallest absolute Gasteiger partial charge is 0.252 e. The average molecular weight is 333 g/mol. The van der Waals surface area contributed by atoms with Crippen LogP contribution in [0.3, 0.4) is 0 Å². The molecule has 1 saturated heterocycles. The summed E-state index contributed by atoms with van der Waals surface area (Å²) in [5.41, 5.74) is 0.0179. The second-order valence-electron chi connectivity index (χ2n) is 5.20. The molecule has 0 saturated carbocycles. The summed E-state index contributed by atoms with van der Waals surface area (Å²) in [6.45, 7) is -0.957. The van der Waals surface area contributed by atoms with Gasteiger partial charge in [0.1, 0.15) is 36.1 Å². The van der Waals surface area contributed by atoms with Gasteiger partial charge in [0.2, 0.25) is 0 Å². The van der Waals surface area contributed by atoms with Crippen LogP contribution in [0.25, 0.3) is 0 Å². The van der Waals surface area contributed by atoms with E-state index in [1.807, 2.05) is 0 Å². The van der Waals surface area contributed by atoms with Gasteiger partial charge >= 0.3 is 0 Å². The lowest BCUT2D eigenvalue weighted by Gasteiger charge is -2.39. The Labute approximate surface area is 130 Å². The number of hydrogen-bond acceptors (Lipinski definition) is 6. The average Bonchev–Trinajstić information content (AvgIpc) is 2.52. The SMILES string of the molecule is O=C(NCc1ccc(F)cc1F)[C@H]1O[C@H](CO)[C@@H](O)[C@H](O)[C@H]1O. The molecule has 1 aromatic carbocycles. The van der Waals surface area contributed by atoms with Gasteiger partial charge in [0.15, 0.2) is 6.10 Å². The zero-order valence-corrected chi connectivity index (χ0v) is 11.9. The molecule has 5 N–H and O–H groups in total. The van der Waals surface area contributed by atoms with Crippen LogP contribution in [-0.2, 0) is 16.1 Å². The van der Waals surface area contributed by atoms with Crippen LogP contribution in [0.1, 0.15) is 5.56 Å². The summed E-state index contributed by atoms with van der Waals surface area (Å²) >= 11 is 0. The number of halogens is 2. The van der Waals surface area contributed by atoms with Gasteiger partial charge < -0.3 is 30.5 Å². The van der Waals surface area contributed by atoms with E-state index in [2.05, 4.69) is 5.32 Å². The zero-order chi connectivity index (χ0) is 17.1. The highest BCUT2D eigenvalue weighted by Crippen LogP contribution is 2.21. The van der Waals surface area contributed by atoms with E-state index >= 15 is 0 Å². The molecule has 0 bridgehead atoms. The summed E-state index contributed by atoms with van der Waals surface area (Å²) in [4.78, 5) is 12.0. The normalized spacial score (nSPS) is 31.0. The Bertz CT molecular complexity index is 570. The summed E-state index contributed by atoms with van der Waals surface area (Å²) in [6, 6.07) is 2.84. The molecular weight excluding hydrogens is 316 g/mol. The van der Waals surface area contributed by atoms with E-state index in [4.69, 9.17) is 9.84 Å². The van der Waals surface area contributed by atoms with Crippen molar-refractivity contribution in [3.8, 4) is 0 Å². The standard InChI is InChI=1S/C14H17F2NO6/c15-7-2-1-6(8(16)3-7)4-17-14(22)13-12(21)11(20)10(19)9(5-18)23-13/h1-3,9-13,18-21H,4-5H2,(H,17,22)/t9-,10-,11+,12-,13+/m1/s1. The van der Waals surface area contributed by atoms with Gasteiger partial charge in [-0.25, -0.2) is 8.78 Å². The van der Waals surface area contributed by atoms with E-state index < -0.39 is 54.7 Å². The van der Waals surface area contributed by atoms with Crippen molar-refractivity contribution in [3.05, 3.63) is 35.4 Å². The number of aliphatic hydroxyl groups excluding tert-OH is 4. The lowest BCUT2D eigenvalue weighted by molar-refractivity contribution is -0.226. The Morgan fingerprint density at radius 2 is 1.87 bits per heavy atom. The first-order chi connectivity index (χ1) is 10.8. The number of carbonyl (C=O) groups excluding carboxylic acids is 1. The fourth-order valence-electron chi connectivity index (χ4n) is 2.27. The first-order valence-corrected chi connectivity index (χ1v) is 6.87. The van der Waals surface area contributed by atoms with E-state index in [1.165, 1.54) is 0 Å². The fourth-order valence-corrected chi connectivity index (χ4v) is 2.27. The van der Waals surface area contributed by atoms with Crippen LogP contribution in [0.15, 0.2) is 18.2 Å². The van der Waals surface area contributed by atoms with Crippen LogP contribution in [-0.4, -0.2) is 63.5 Å². The summed E-state index contributed by atoms with van der Waals surface area (Å²) < 4.78 is 31.3. The van der Waals surface area contributed by atoms with Crippen LogP contribution >= 0.6 is 0 Å². The van der Waals surface area contributed by atoms with Crippen molar-refractivity contribution in [1.29, 1.82) is 0 Å². The third-order valence-corrected chi connectivity index (χ3v) is 3.62. The minimum atomic E-state index is -1.72. The van der Waals surface area contributed by atoms with Crippen LogP contribution in [0.4, 0.5) is 8.78 Å². The Morgan fingerprint density at radius 1 is 1.17 bits per heavy atom. The van der Waals surface area contributed by atoms with E-state index in [0.29, 0.717) is 6.07 Å². The summed E-state index contributed by atoms with van der Waals surface area (Å²) in [7, 11) is 0. The predicted molar refractivity (Wildman–Crippen MR) is 72.0 cm³/mol. The number of benzene rings is 1. The molecule has 0 aliphatic carbocycles. The van der Waals surface area contributed by atoms with Crippen LogP contribution in [0.2, 0.25) is 0 Å². The Morgan fingerprint density at radius 3 is 2.48 bits per heavy atom. The summed E-state index contributed by atoms with van der Waals surface area (Å²) in [6.07, 6.45) is -7.74. The lowest BCUT2D eigenvalue weighted by Crippen LogP contribution is -2.62. The van der Waals surface area contributed by atoms with Crippen molar-refractivity contribution >= 4 is 5.91 Å². The number of ether oxygens (including phenoxy) is 1. The number of aliphatic hydroxyl groups is 4. The molecule has 9 heteroatoms. The minimum Gasteiger partial charge on any atom is -0.394 e. The lowest BCUT2D eigenvalue weighted by atomic mass is 9.94. The van der Waals surface area contributed by atoms with Gasteiger partial charge in [-0.15, -0.1) is 0 Å². The van der Waals surface area contributed by atoms with Crippen LogP contribution in [0.5, 0.6) is 0 Å². The van der Waals surface area contributed by atoms with Crippen LogP contribution in [0, 0.1) is 11.6 Å². The minimum absolute atomic E-state index is 0.0179. The molecule has 1 aliphatic rings. The highest BCUT2D eigenvalue weighted by Gasteiger charge is 2.46. The van der Waals surface area contributed by atoms with Crippen molar-refractivity contribution in [1.82, 2.24) is 5.32 Å². The number of carbonyl (C=O) groups is 1. The van der Waals surface area contributed by atoms with E-state index in [1.54, 1.807) is 0 Å². The van der Waals surface area contributed by atoms with Crippen LogP contribution < -0.4 is 5.32 Å².